The Hall–Kier alpha value is -2.84. The van der Waals surface area contributed by atoms with E-state index >= 15 is 0 Å². The fraction of sp³-hybridized carbons (Fsp3) is 0.211. The number of carbonyl (C=O) groups excluding carboxylic acids is 2. The van der Waals surface area contributed by atoms with Crippen LogP contribution in [0.25, 0.3) is 0 Å². The average Bonchev–Trinajstić information content (AvgIpc) is 2.96. The number of Topliss-reactive ketones (excluding diaryl/α,β-unsaturated/α-hetero) is 1. The van der Waals surface area contributed by atoms with E-state index in [4.69, 9.17) is 0 Å². The van der Waals surface area contributed by atoms with Crippen LogP contribution in [0.4, 0.5) is 5.69 Å². The van der Waals surface area contributed by atoms with Crippen LogP contribution >= 0.6 is 0 Å². The first-order valence-corrected chi connectivity index (χ1v) is 9.68. The van der Waals surface area contributed by atoms with Crippen molar-refractivity contribution < 1.29 is 18.0 Å². The van der Waals surface area contributed by atoms with Crippen molar-refractivity contribution in [1.82, 2.24) is 4.31 Å². The van der Waals surface area contributed by atoms with Crippen LogP contribution in [0, 0.1) is 5.92 Å². The molecule has 0 saturated carbocycles. The summed E-state index contributed by atoms with van der Waals surface area (Å²) in [7, 11) is -0.713. The zero-order valence-corrected chi connectivity index (χ0v) is 16.0. The number of hydrogen-bond acceptors (Lipinski definition) is 5. The summed E-state index contributed by atoms with van der Waals surface area (Å²) < 4.78 is 25.4. The number of hydrogen-bond donors (Lipinski definition) is 0. The number of carbonyl (C=O) groups is 2. The molecule has 2 aromatic rings. The lowest BCUT2D eigenvalue weighted by molar-refractivity contribution is -0.118. The molecular weight excluding hydrogens is 366 g/mol. The van der Waals surface area contributed by atoms with E-state index in [0.29, 0.717) is 11.4 Å². The Morgan fingerprint density at radius 2 is 1.63 bits per heavy atom. The Morgan fingerprint density at radius 1 is 1.04 bits per heavy atom. The molecule has 3 rings (SSSR count). The van der Waals surface area contributed by atoms with Crippen molar-refractivity contribution in [1.29, 1.82) is 0 Å². The largest absolute Gasteiger partial charge is 0.293 e. The van der Waals surface area contributed by atoms with Crippen LogP contribution < -0.4 is 5.01 Å². The fourth-order valence-corrected chi connectivity index (χ4v) is 3.69. The van der Waals surface area contributed by atoms with Crippen molar-refractivity contribution in [2.75, 3.05) is 19.1 Å². The number of para-hydroxylation sites is 1. The molecule has 7 nitrogen and oxygen atoms in total. The quantitative estimate of drug-likeness (QED) is 0.583. The van der Waals surface area contributed by atoms with Crippen molar-refractivity contribution >= 4 is 33.1 Å². The highest BCUT2D eigenvalue weighted by atomic mass is 32.2. The first kappa shape index (κ1) is 18.9. The molecule has 0 spiro atoms. The predicted molar refractivity (Wildman–Crippen MR) is 102 cm³/mol. The minimum atomic E-state index is -3.58. The molecule has 1 aliphatic heterocycles. The summed E-state index contributed by atoms with van der Waals surface area (Å²) in [6.45, 7) is 1.63. The van der Waals surface area contributed by atoms with Gasteiger partial charge >= 0.3 is 0 Å². The molecule has 0 radical (unpaired) electrons. The van der Waals surface area contributed by atoms with E-state index in [1.807, 2.05) is 6.07 Å². The monoisotopic (exact) mass is 385 g/mol. The van der Waals surface area contributed by atoms with Crippen molar-refractivity contribution in [3.05, 3.63) is 60.2 Å². The van der Waals surface area contributed by atoms with Gasteiger partial charge in [-0.2, -0.15) is 10.1 Å². The fourth-order valence-electron chi connectivity index (χ4n) is 2.79. The molecule has 0 bridgehead atoms. The summed E-state index contributed by atoms with van der Waals surface area (Å²) in [6.07, 6.45) is 0. The molecule has 8 heteroatoms. The van der Waals surface area contributed by atoms with Gasteiger partial charge in [-0.3, -0.25) is 9.59 Å². The minimum absolute atomic E-state index is 0.0816. The van der Waals surface area contributed by atoms with Crippen molar-refractivity contribution in [3.8, 4) is 0 Å². The topological polar surface area (TPSA) is 87.1 Å². The molecule has 1 amide bonds. The molecule has 1 atom stereocenters. The highest BCUT2D eigenvalue weighted by molar-refractivity contribution is 7.89. The van der Waals surface area contributed by atoms with E-state index < -0.39 is 27.6 Å². The van der Waals surface area contributed by atoms with Gasteiger partial charge in [0, 0.05) is 19.7 Å². The molecule has 1 heterocycles. The molecule has 2 aromatic carbocycles. The molecule has 27 heavy (non-hydrogen) atoms. The number of rotatable bonds is 5. The Kier molecular flexibility index (Phi) is 4.95. The molecule has 0 aliphatic carbocycles. The van der Waals surface area contributed by atoms with E-state index in [0.717, 1.165) is 4.31 Å². The molecule has 0 aromatic heterocycles. The summed E-state index contributed by atoms with van der Waals surface area (Å²) >= 11 is 0. The first-order chi connectivity index (χ1) is 12.7. The van der Waals surface area contributed by atoms with Gasteiger partial charge in [-0.15, -0.1) is 0 Å². The molecule has 0 fully saturated rings. The van der Waals surface area contributed by atoms with Gasteiger partial charge in [-0.05, 0) is 31.2 Å². The van der Waals surface area contributed by atoms with Gasteiger partial charge in [0.15, 0.2) is 5.78 Å². The second-order valence-corrected chi connectivity index (χ2v) is 8.49. The van der Waals surface area contributed by atoms with Crippen molar-refractivity contribution in [2.24, 2.45) is 11.0 Å². The third-order valence-electron chi connectivity index (χ3n) is 4.31. The van der Waals surface area contributed by atoms with Gasteiger partial charge in [-0.25, -0.2) is 12.7 Å². The Balaban J connectivity index is 1.86. The minimum Gasteiger partial charge on any atom is -0.293 e. The summed E-state index contributed by atoms with van der Waals surface area (Å²) in [5.74, 6) is -1.84. The van der Waals surface area contributed by atoms with E-state index in [2.05, 4.69) is 5.10 Å². The van der Waals surface area contributed by atoms with Crippen LogP contribution in [-0.4, -0.2) is 44.2 Å². The Bertz CT molecular complexity index is 1010. The molecule has 0 N–H and O–H groups in total. The van der Waals surface area contributed by atoms with E-state index in [-0.39, 0.29) is 10.5 Å². The van der Waals surface area contributed by atoms with E-state index in [9.17, 15) is 18.0 Å². The van der Waals surface area contributed by atoms with Gasteiger partial charge < -0.3 is 0 Å². The van der Waals surface area contributed by atoms with Crippen LogP contribution in [0.15, 0.2) is 64.6 Å². The number of anilines is 1. The molecule has 0 unspecified atom stereocenters. The smallest absolute Gasteiger partial charge is 0.264 e. The maximum absolute atomic E-state index is 12.9. The van der Waals surface area contributed by atoms with E-state index in [1.165, 1.54) is 43.4 Å². The van der Waals surface area contributed by atoms with Gasteiger partial charge in [0.05, 0.1) is 16.3 Å². The third-order valence-corrected chi connectivity index (χ3v) is 6.14. The second kappa shape index (κ2) is 7.05. The lowest BCUT2D eigenvalue weighted by atomic mass is 9.94. The molecule has 0 saturated heterocycles. The lowest BCUT2D eigenvalue weighted by Gasteiger charge is -2.14. The van der Waals surface area contributed by atoms with Crippen LogP contribution in [0.3, 0.4) is 0 Å². The van der Waals surface area contributed by atoms with Crippen LogP contribution in [-0.2, 0) is 14.8 Å². The van der Waals surface area contributed by atoms with Crippen LogP contribution in [0.1, 0.15) is 17.3 Å². The molecule has 1 aliphatic rings. The Labute approximate surface area is 158 Å². The first-order valence-electron chi connectivity index (χ1n) is 8.24. The maximum Gasteiger partial charge on any atom is 0.264 e. The number of nitrogens with zero attached hydrogens (tertiary/aromatic N) is 3. The normalized spacial score (nSPS) is 17.3. The zero-order valence-electron chi connectivity index (χ0n) is 15.2. The lowest BCUT2D eigenvalue weighted by Crippen LogP contribution is -2.32. The van der Waals surface area contributed by atoms with Gasteiger partial charge in [-0.1, -0.05) is 30.3 Å². The highest BCUT2D eigenvalue weighted by Gasteiger charge is 2.40. The summed E-state index contributed by atoms with van der Waals surface area (Å²) in [6, 6.07) is 14.4. The number of ketones is 1. The number of benzene rings is 2. The zero-order chi connectivity index (χ0) is 19.8. The average molecular weight is 385 g/mol. The standard InChI is InChI=1S/C19H19N3O4S/c1-13-17(19(24)22(20-13)15-7-5-4-6-8-15)18(23)14-9-11-16(12-10-14)27(25,26)21(2)3/h4-12,17H,1-3H3/t17-/m1/s1. The predicted octanol–water partition coefficient (Wildman–Crippen LogP) is 2.16. The number of hydrazone groups is 1. The highest BCUT2D eigenvalue weighted by Crippen LogP contribution is 2.26. The summed E-state index contributed by atoms with van der Waals surface area (Å²) in [4.78, 5) is 25.7. The van der Waals surface area contributed by atoms with Gasteiger partial charge in [0.25, 0.3) is 5.91 Å². The number of sulfonamides is 1. The SMILES string of the molecule is CC1=NN(c2ccccc2)C(=O)[C@H]1C(=O)c1ccc(S(=O)(=O)N(C)C)cc1. The second-order valence-electron chi connectivity index (χ2n) is 6.34. The van der Waals surface area contributed by atoms with Crippen molar-refractivity contribution in [3.63, 3.8) is 0 Å². The maximum atomic E-state index is 12.9. The summed E-state index contributed by atoms with van der Waals surface area (Å²) in [5, 5.41) is 5.45. The van der Waals surface area contributed by atoms with Crippen LogP contribution in [0.5, 0.6) is 0 Å². The van der Waals surface area contributed by atoms with Gasteiger partial charge in [0.2, 0.25) is 10.0 Å². The van der Waals surface area contributed by atoms with E-state index in [1.54, 1.807) is 31.2 Å². The Morgan fingerprint density at radius 3 is 2.19 bits per heavy atom. The summed E-state index contributed by atoms with van der Waals surface area (Å²) in [5.41, 5.74) is 1.25. The number of amides is 1. The van der Waals surface area contributed by atoms with Crippen molar-refractivity contribution in [2.45, 2.75) is 11.8 Å². The molecular formula is C19H19N3O4S. The molecule has 140 valence electrons. The van der Waals surface area contributed by atoms with Gasteiger partial charge in [0.1, 0.15) is 5.92 Å². The van der Waals surface area contributed by atoms with Crippen LogP contribution in [0.2, 0.25) is 0 Å². The third kappa shape index (κ3) is 3.41.